The topological polar surface area (TPSA) is 69.6 Å². The molecule has 0 bridgehead atoms. The molecule has 0 spiro atoms. The van der Waals surface area contributed by atoms with Gasteiger partial charge in [-0.25, -0.2) is 19.3 Å². The fourth-order valence-corrected chi connectivity index (χ4v) is 4.50. The van der Waals surface area contributed by atoms with E-state index in [4.69, 9.17) is 15.7 Å². The molecule has 0 fully saturated rings. The second-order valence-electron chi connectivity index (χ2n) is 8.06. The number of benzene rings is 2. The largest absolute Gasteiger partial charge is 0.383 e. The summed E-state index contributed by atoms with van der Waals surface area (Å²) in [4.78, 5) is 14.0. The van der Waals surface area contributed by atoms with Crippen molar-refractivity contribution in [2.45, 2.75) is 19.3 Å². The van der Waals surface area contributed by atoms with Crippen molar-refractivity contribution in [3.63, 3.8) is 0 Å². The number of anilines is 1. The molecule has 6 rings (SSSR count). The molecule has 1 aliphatic rings. The number of rotatable bonds is 3. The van der Waals surface area contributed by atoms with Gasteiger partial charge in [-0.1, -0.05) is 18.2 Å². The lowest BCUT2D eigenvalue weighted by molar-refractivity contribution is 0.628. The van der Waals surface area contributed by atoms with E-state index in [1.54, 1.807) is 12.3 Å². The Hall–Kier alpha value is -4.06. The number of pyridine rings is 2. The normalized spacial score (nSPS) is 12.9. The fraction of sp³-hybridized carbons (Fsp3) is 0.115. The Balaban J connectivity index is 1.63. The van der Waals surface area contributed by atoms with Crippen LogP contribution in [0.15, 0.2) is 72.9 Å². The first-order valence-electron chi connectivity index (χ1n) is 10.7. The average molecular weight is 421 g/mol. The van der Waals surface area contributed by atoms with Crippen molar-refractivity contribution in [2.75, 3.05) is 5.73 Å². The predicted molar refractivity (Wildman–Crippen MR) is 124 cm³/mol. The van der Waals surface area contributed by atoms with E-state index in [-0.39, 0.29) is 5.82 Å². The molecular weight excluding hydrogens is 401 g/mol. The van der Waals surface area contributed by atoms with Crippen molar-refractivity contribution in [3.05, 3.63) is 89.9 Å². The van der Waals surface area contributed by atoms with Crippen LogP contribution in [0.2, 0.25) is 0 Å². The fourth-order valence-electron chi connectivity index (χ4n) is 4.50. The van der Waals surface area contributed by atoms with Crippen molar-refractivity contribution < 1.29 is 4.39 Å². The zero-order valence-electron chi connectivity index (χ0n) is 17.3. The first-order chi connectivity index (χ1) is 15.7. The van der Waals surface area contributed by atoms with Gasteiger partial charge in [0, 0.05) is 17.4 Å². The maximum Gasteiger partial charge on any atom is 0.165 e. The number of halogens is 1. The van der Waals surface area contributed by atoms with Crippen LogP contribution in [-0.2, 0) is 12.8 Å². The minimum Gasteiger partial charge on any atom is -0.383 e. The van der Waals surface area contributed by atoms with E-state index >= 15 is 0 Å². The molecule has 2 N–H and O–H groups in total. The molecule has 0 saturated carbocycles. The number of aromatic nitrogens is 4. The van der Waals surface area contributed by atoms with Crippen molar-refractivity contribution in [1.29, 1.82) is 0 Å². The number of hydrogen-bond donors (Lipinski definition) is 1. The second kappa shape index (κ2) is 7.27. The highest BCUT2D eigenvalue weighted by Gasteiger charge is 2.20. The summed E-state index contributed by atoms with van der Waals surface area (Å²) in [6, 6.07) is 20.5. The zero-order chi connectivity index (χ0) is 21.7. The first kappa shape index (κ1) is 18.7. The van der Waals surface area contributed by atoms with Gasteiger partial charge in [0.15, 0.2) is 11.5 Å². The Morgan fingerprint density at radius 2 is 1.78 bits per heavy atom. The van der Waals surface area contributed by atoms with E-state index in [0.29, 0.717) is 23.0 Å². The number of nitrogens with two attached hydrogens (primary N) is 1. The molecule has 3 aromatic heterocycles. The number of hydrogen-bond acceptors (Lipinski definition) is 4. The highest BCUT2D eigenvalue weighted by atomic mass is 19.1. The summed E-state index contributed by atoms with van der Waals surface area (Å²) >= 11 is 0. The number of fused-ring (bicyclic) bond motifs is 2. The third kappa shape index (κ3) is 3.03. The summed E-state index contributed by atoms with van der Waals surface area (Å²) < 4.78 is 15.9. The second-order valence-corrected chi connectivity index (χ2v) is 8.06. The van der Waals surface area contributed by atoms with Gasteiger partial charge in [0.1, 0.15) is 17.2 Å². The summed E-state index contributed by atoms with van der Waals surface area (Å²) in [6.45, 7) is 0. The summed E-state index contributed by atoms with van der Waals surface area (Å²) in [5.41, 5.74) is 13.5. The molecule has 0 aliphatic heterocycles. The number of nitrogen functional groups attached to an aromatic ring is 1. The average Bonchev–Trinajstić information content (AvgIpc) is 3.42. The van der Waals surface area contributed by atoms with Gasteiger partial charge in [-0.15, -0.1) is 0 Å². The van der Waals surface area contributed by atoms with Gasteiger partial charge in [0.05, 0.1) is 11.3 Å². The molecule has 5 nitrogen and oxygen atoms in total. The Labute approximate surface area is 184 Å². The van der Waals surface area contributed by atoms with Crippen LogP contribution in [0.1, 0.15) is 17.5 Å². The van der Waals surface area contributed by atoms with Gasteiger partial charge in [-0.05, 0) is 78.9 Å². The van der Waals surface area contributed by atoms with Crippen molar-refractivity contribution >= 4 is 17.0 Å². The standard InChI is InChI=1S/C26H20FN5/c27-19-7-2-6-18(14-19)22-11-12-23-26(30-22)32(20-10-9-16-4-1-5-17(16)15-20)25(31-23)21-8-3-13-29-24(21)28/h2-3,6-15H,1,4-5H2,(H2,28,29). The molecule has 0 amide bonds. The van der Waals surface area contributed by atoms with Crippen LogP contribution < -0.4 is 5.73 Å². The summed E-state index contributed by atoms with van der Waals surface area (Å²) in [5, 5.41) is 0. The molecule has 3 heterocycles. The van der Waals surface area contributed by atoms with Crippen LogP contribution in [0, 0.1) is 5.82 Å². The summed E-state index contributed by atoms with van der Waals surface area (Å²) in [5.74, 6) is 0.809. The molecule has 5 aromatic rings. The van der Waals surface area contributed by atoms with Crippen molar-refractivity contribution in [3.8, 4) is 28.3 Å². The van der Waals surface area contributed by atoms with E-state index in [9.17, 15) is 4.39 Å². The lowest BCUT2D eigenvalue weighted by atomic mass is 10.1. The predicted octanol–water partition coefficient (Wildman–Crippen LogP) is 5.36. The quantitative estimate of drug-likeness (QED) is 0.426. The van der Waals surface area contributed by atoms with Gasteiger partial charge < -0.3 is 5.73 Å². The Morgan fingerprint density at radius 1 is 0.875 bits per heavy atom. The Kier molecular flexibility index (Phi) is 4.24. The summed E-state index contributed by atoms with van der Waals surface area (Å²) in [7, 11) is 0. The van der Waals surface area contributed by atoms with Crippen LogP contribution in [-0.4, -0.2) is 19.5 Å². The number of aryl methyl sites for hydroxylation is 2. The summed E-state index contributed by atoms with van der Waals surface area (Å²) in [6.07, 6.45) is 5.03. The lowest BCUT2D eigenvalue weighted by Gasteiger charge is -2.12. The monoisotopic (exact) mass is 421 g/mol. The number of imidazole rings is 1. The van der Waals surface area contributed by atoms with E-state index in [2.05, 4.69) is 23.2 Å². The van der Waals surface area contributed by atoms with Crippen LogP contribution in [0.25, 0.3) is 39.5 Å². The first-order valence-corrected chi connectivity index (χ1v) is 10.7. The Bertz CT molecular complexity index is 1490. The zero-order valence-corrected chi connectivity index (χ0v) is 17.3. The molecule has 2 aromatic carbocycles. The van der Waals surface area contributed by atoms with Crippen LogP contribution in [0.4, 0.5) is 10.2 Å². The van der Waals surface area contributed by atoms with E-state index in [0.717, 1.165) is 35.2 Å². The molecule has 32 heavy (non-hydrogen) atoms. The van der Waals surface area contributed by atoms with Crippen LogP contribution in [0.3, 0.4) is 0 Å². The molecule has 0 radical (unpaired) electrons. The molecule has 0 saturated heterocycles. The lowest BCUT2D eigenvalue weighted by Crippen LogP contribution is -2.03. The van der Waals surface area contributed by atoms with Crippen LogP contribution in [0.5, 0.6) is 0 Å². The van der Waals surface area contributed by atoms with Gasteiger partial charge in [0.25, 0.3) is 0 Å². The van der Waals surface area contributed by atoms with E-state index in [1.165, 1.54) is 29.7 Å². The number of nitrogens with zero attached hydrogens (tertiary/aromatic N) is 4. The molecule has 156 valence electrons. The van der Waals surface area contributed by atoms with Gasteiger partial charge in [-0.3, -0.25) is 4.57 Å². The van der Waals surface area contributed by atoms with Gasteiger partial charge >= 0.3 is 0 Å². The van der Waals surface area contributed by atoms with Gasteiger partial charge in [-0.2, -0.15) is 0 Å². The third-order valence-corrected chi connectivity index (χ3v) is 6.04. The third-order valence-electron chi connectivity index (χ3n) is 6.04. The highest BCUT2D eigenvalue weighted by molar-refractivity contribution is 5.84. The van der Waals surface area contributed by atoms with E-state index in [1.807, 2.05) is 34.9 Å². The van der Waals surface area contributed by atoms with Crippen molar-refractivity contribution in [1.82, 2.24) is 19.5 Å². The molecule has 6 heteroatoms. The molecule has 1 aliphatic carbocycles. The highest BCUT2D eigenvalue weighted by Crippen LogP contribution is 2.33. The molecular formula is C26H20FN5. The maximum atomic E-state index is 13.8. The smallest absolute Gasteiger partial charge is 0.165 e. The van der Waals surface area contributed by atoms with E-state index < -0.39 is 0 Å². The van der Waals surface area contributed by atoms with Crippen LogP contribution >= 0.6 is 0 Å². The van der Waals surface area contributed by atoms with Crippen molar-refractivity contribution in [2.24, 2.45) is 0 Å². The SMILES string of the molecule is Nc1ncccc1-c1nc2ccc(-c3cccc(F)c3)nc2n1-c1ccc2c(c1)CCC2. The minimum absolute atomic E-state index is 0.291. The molecule has 0 unspecified atom stereocenters. The van der Waals surface area contributed by atoms with Gasteiger partial charge in [0.2, 0.25) is 0 Å². The minimum atomic E-state index is -0.291. The maximum absolute atomic E-state index is 13.8. The molecule has 0 atom stereocenters. The Morgan fingerprint density at radius 3 is 2.66 bits per heavy atom.